The van der Waals surface area contributed by atoms with Gasteiger partial charge in [0, 0.05) is 0 Å². The van der Waals surface area contributed by atoms with Crippen molar-refractivity contribution in [2.45, 2.75) is 46.1 Å². The maximum atomic E-state index is 5.91. The van der Waals surface area contributed by atoms with Gasteiger partial charge in [-0.1, -0.05) is 26.8 Å². The Bertz CT molecular complexity index is 244. The van der Waals surface area contributed by atoms with Gasteiger partial charge in [-0.25, -0.2) is 0 Å². The fourth-order valence-corrected chi connectivity index (χ4v) is 3.57. The summed E-state index contributed by atoms with van der Waals surface area (Å²) < 4.78 is 5.91. The van der Waals surface area contributed by atoms with Crippen LogP contribution in [0.5, 0.6) is 0 Å². The monoisotopic (exact) mass is 194 g/mol. The van der Waals surface area contributed by atoms with Crippen LogP contribution in [0.1, 0.15) is 40.0 Å². The van der Waals surface area contributed by atoms with Crippen LogP contribution >= 0.6 is 0 Å². The van der Waals surface area contributed by atoms with Gasteiger partial charge in [0.15, 0.2) is 0 Å². The predicted octanol–water partition coefficient (Wildman–Crippen LogP) is 3.40. The molecule has 14 heavy (non-hydrogen) atoms. The number of fused-ring (bicyclic) bond motifs is 2. The van der Waals surface area contributed by atoms with E-state index in [-0.39, 0.29) is 0 Å². The Labute approximate surface area is 87.5 Å². The standard InChI is InChI=1S/C13H22O/c1-5-8-14-11-9-10-6-7-13(11,4)12(10,2)3/h5,10-11H,1,6-9H2,2-4H3/t10-,11?,13-/m1/s1. The molecule has 2 fully saturated rings. The van der Waals surface area contributed by atoms with E-state index in [1.54, 1.807) is 0 Å². The van der Waals surface area contributed by atoms with E-state index in [1.807, 2.05) is 6.08 Å². The van der Waals surface area contributed by atoms with Gasteiger partial charge >= 0.3 is 0 Å². The van der Waals surface area contributed by atoms with E-state index in [1.165, 1.54) is 19.3 Å². The van der Waals surface area contributed by atoms with Gasteiger partial charge in [0.05, 0.1) is 12.7 Å². The molecule has 1 heteroatoms. The Morgan fingerprint density at radius 3 is 2.57 bits per heavy atom. The van der Waals surface area contributed by atoms with Crippen LogP contribution in [0.25, 0.3) is 0 Å². The average Bonchev–Trinajstić information content (AvgIpc) is 2.46. The molecule has 2 saturated carbocycles. The highest BCUT2D eigenvalue weighted by molar-refractivity contribution is 5.11. The molecule has 3 atom stereocenters. The van der Waals surface area contributed by atoms with Crippen molar-refractivity contribution in [2.24, 2.45) is 16.7 Å². The molecule has 0 aliphatic heterocycles. The molecule has 80 valence electrons. The minimum atomic E-state index is 0.403. The van der Waals surface area contributed by atoms with Gasteiger partial charge in [0.1, 0.15) is 0 Å². The summed E-state index contributed by atoms with van der Waals surface area (Å²) in [4.78, 5) is 0. The van der Waals surface area contributed by atoms with Gasteiger partial charge in [0.25, 0.3) is 0 Å². The van der Waals surface area contributed by atoms with E-state index < -0.39 is 0 Å². The highest BCUT2D eigenvalue weighted by Gasteiger charge is 2.61. The van der Waals surface area contributed by atoms with Crippen LogP contribution in [0, 0.1) is 16.7 Å². The molecule has 0 spiro atoms. The van der Waals surface area contributed by atoms with Crippen molar-refractivity contribution in [1.82, 2.24) is 0 Å². The molecule has 2 aliphatic rings. The first-order valence-electron chi connectivity index (χ1n) is 5.75. The maximum Gasteiger partial charge on any atom is 0.0648 e. The zero-order chi connectivity index (χ0) is 10.4. The Balaban J connectivity index is 2.14. The molecule has 1 unspecified atom stereocenters. The summed E-state index contributed by atoms with van der Waals surface area (Å²) in [5.41, 5.74) is 0.875. The normalized spacial score (nSPS) is 44.2. The maximum absolute atomic E-state index is 5.91. The van der Waals surface area contributed by atoms with Crippen LogP contribution in [0.3, 0.4) is 0 Å². The molecule has 0 aromatic rings. The molecule has 2 rings (SSSR count). The number of hydrogen-bond donors (Lipinski definition) is 0. The highest BCUT2D eigenvalue weighted by Crippen LogP contribution is 2.66. The van der Waals surface area contributed by atoms with Crippen LogP contribution < -0.4 is 0 Å². The lowest BCUT2D eigenvalue weighted by Crippen LogP contribution is -2.37. The summed E-state index contributed by atoms with van der Waals surface area (Å²) in [6.45, 7) is 11.7. The molecule has 0 aromatic carbocycles. The van der Waals surface area contributed by atoms with E-state index in [0.717, 1.165) is 5.92 Å². The van der Waals surface area contributed by atoms with Crippen molar-refractivity contribution in [3.05, 3.63) is 12.7 Å². The van der Waals surface area contributed by atoms with E-state index in [2.05, 4.69) is 27.4 Å². The summed E-state index contributed by atoms with van der Waals surface area (Å²) >= 11 is 0. The summed E-state index contributed by atoms with van der Waals surface area (Å²) in [7, 11) is 0. The lowest BCUT2D eigenvalue weighted by Gasteiger charge is -2.38. The zero-order valence-electron chi connectivity index (χ0n) is 9.68. The van der Waals surface area contributed by atoms with Crippen LogP contribution in [0.4, 0.5) is 0 Å². The van der Waals surface area contributed by atoms with E-state index >= 15 is 0 Å². The summed E-state index contributed by atoms with van der Waals surface area (Å²) in [6, 6.07) is 0. The largest absolute Gasteiger partial charge is 0.374 e. The third-order valence-corrected chi connectivity index (χ3v) is 5.13. The van der Waals surface area contributed by atoms with Crippen molar-refractivity contribution in [3.8, 4) is 0 Å². The summed E-state index contributed by atoms with van der Waals surface area (Å²) in [5.74, 6) is 0.877. The first kappa shape index (κ1) is 10.2. The van der Waals surface area contributed by atoms with Gasteiger partial charge in [-0.05, 0) is 36.0 Å². The molecule has 2 aliphatic carbocycles. The third kappa shape index (κ3) is 1.11. The van der Waals surface area contributed by atoms with Gasteiger partial charge in [-0.3, -0.25) is 0 Å². The molecular weight excluding hydrogens is 172 g/mol. The SMILES string of the molecule is C=CCOC1C[C@H]2CC[C@@]1(C)C2(C)C. The number of ether oxygens (including phenoxy) is 1. The second-order valence-corrected chi connectivity index (χ2v) is 5.72. The summed E-state index contributed by atoms with van der Waals surface area (Å²) in [6.07, 6.45) is 6.33. The molecule has 0 N–H and O–H groups in total. The van der Waals surface area contributed by atoms with Crippen LogP contribution in [0.15, 0.2) is 12.7 Å². The Morgan fingerprint density at radius 2 is 2.14 bits per heavy atom. The van der Waals surface area contributed by atoms with Crippen molar-refractivity contribution >= 4 is 0 Å². The third-order valence-electron chi connectivity index (χ3n) is 5.13. The van der Waals surface area contributed by atoms with Crippen molar-refractivity contribution < 1.29 is 4.74 Å². The van der Waals surface area contributed by atoms with Crippen molar-refractivity contribution in [2.75, 3.05) is 6.61 Å². The fourth-order valence-electron chi connectivity index (χ4n) is 3.57. The van der Waals surface area contributed by atoms with E-state index in [0.29, 0.717) is 23.5 Å². The van der Waals surface area contributed by atoms with Crippen LogP contribution in [-0.4, -0.2) is 12.7 Å². The van der Waals surface area contributed by atoms with Gasteiger partial charge in [0.2, 0.25) is 0 Å². The molecule has 2 bridgehead atoms. The van der Waals surface area contributed by atoms with E-state index in [9.17, 15) is 0 Å². The highest BCUT2D eigenvalue weighted by atomic mass is 16.5. The molecule has 0 radical (unpaired) electrons. The number of hydrogen-bond acceptors (Lipinski definition) is 1. The molecule has 0 saturated heterocycles. The smallest absolute Gasteiger partial charge is 0.0648 e. The van der Waals surface area contributed by atoms with Gasteiger partial charge < -0.3 is 4.74 Å². The average molecular weight is 194 g/mol. The molecule has 0 heterocycles. The lowest BCUT2D eigenvalue weighted by molar-refractivity contribution is -0.0351. The topological polar surface area (TPSA) is 9.23 Å². The Morgan fingerprint density at radius 1 is 1.43 bits per heavy atom. The second kappa shape index (κ2) is 3.10. The van der Waals surface area contributed by atoms with Crippen molar-refractivity contribution in [1.29, 1.82) is 0 Å². The van der Waals surface area contributed by atoms with Crippen molar-refractivity contribution in [3.63, 3.8) is 0 Å². The van der Waals surface area contributed by atoms with Gasteiger partial charge in [-0.2, -0.15) is 0 Å². The second-order valence-electron chi connectivity index (χ2n) is 5.72. The first-order valence-corrected chi connectivity index (χ1v) is 5.75. The van der Waals surface area contributed by atoms with Crippen LogP contribution in [0.2, 0.25) is 0 Å². The molecule has 1 nitrogen and oxygen atoms in total. The quantitative estimate of drug-likeness (QED) is 0.626. The molecular formula is C13H22O. The minimum absolute atomic E-state index is 0.403. The number of rotatable bonds is 3. The zero-order valence-corrected chi connectivity index (χ0v) is 9.68. The Kier molecular flexibility index (Phi) is 2.26. The first-order chi connectivity index (χ1) is 6.52. The predicted molar refractivity (Wildman–Crippen MR) is 59.2 cm³/mol. The van der Waals surface area contributed by atoms with E-state index in [4.69, 9.17) is 4.74 Å². The Hall–Kier alpha value is -0.300. The minimum Gasteiger partial charge on any atom is -0.374 e. The van der Waals surface area contributed by atoms with Gasteiger partial charge in [-0.15, -0.1) is 6.58 Å². The molecule has 0 amide bonds. The summed E-state index contributed by atoms with van der Waals surface area (Å²) in [5, 5.41) is 0. The molecule has 0 aromatic heterocycles. The van der Waals surface area contributed by atoms with Crippen LogP contribution in [-0.2, 0) is 4.74 Å². The fraction of sp³-hybridized carbons (Fsp3) is 0.846. The lowest BCUT2D eigenvalue weighted by atomic mass is 9.70.